The lowest BCUT2D eigenvalue weighted by atomic mass is 9.95. The largest absolute Gasteiger partial charge is 0.507 e. The summed E-state index contributed by atoms with van der Waals surface area (Å²) < 4.78 is 11.3. The van der Waals surface area contributed by atoms with Crippen LogP contribution in [0.3, 0.4) is 0 Å². The van der Waals surface area contributed by atoms with Crippen molar-refractivity contribution in [1.82, 2.24) is 9.80 Å². The number of rotatable bonds is 10. The van der Waals surface area contributed by atoms with Crippen molar-refractivity contribution in [2.45, 2.75) is 19.9 Å². The number of amides is 1. The summed E-state index contributed by atoms with van der Waals surface area (Å²) >= 11 is 0. The molecule has 0 aliphatic carbocycles. The Bertz CT molecular complexity index is 1280. The monoisotopic (exact) mass is 500 g/mol. The Morgan fingerprint density at radius 3 is 2.27 bits per heavy atom. The van der Waals surface area contributed by atoms with Crippen molar-refractivity contribution < 1.29 is 24.2 Å². The van der Waals surface area contributed by atoms with Gasteiger partial charge >= 0.3 is 0 Å². The van der Waals surface area contributed by atoms with Crippen molar-refractivity contribution in [2.24, 2.45) is 0 Å². The number of carbonyl (C=O) groups is 2. The molecule has 1 unspecified atom stereocenters. The first-order valence-electron chi connectivity index (χ1n) is 12.4. The predicted molar refractivity (Wildman–Crippen MR) is 143 cm³/mol. The molecule has 1 atom stereocenters. The number of carbonyl (C=O) groups excluding carboxylic acids is 2. The van der Waals surface area contributed by atoms with E-state index in [9.17, 15) is 14.7 Å². The van der Waals surface area contributed by atoms with Gasteiger partial charge in [-0.25, -0.2) is 0 Å². The Kier molecular flexibility index (Phi) is 8.25. The third-order valence-electron chi connectivity index (χ3n) is 6.59. The Balaban J connectivity index is 1.79. The maximum Gasteiger partial charge on any atom is 0.295 e. The number of likely N-dealkylation sites (N-methyl/N-ethyl adjacent to an activating group) is 1. The number of aliphatic hydroxyl groups excluding tert-OH is 1. The molecular formula is C30H32N2O5. The molecule has 192 valence electrons. The molecule has 1 heterocycles. The zero-order valence-corrected chi connectivity index (χ0v) is 21.4. The maximum absolute atomic E-state index is 13.3. The normalized spacial score (nSPS) is 16.9. The van der Waals surface area contributed by atoms with Gasteiger partial charge in [-0.05, 0) is 55.1 Å². The first-order chi connectivity index (χ1) is 18.0. The minimum atomic E-state index is -0.763. The van der Waals surface area contributed by atoms with E-state index in [-0.39, 0.29) is 11.3 Å². The summed E-state index contributed by atoms with van der Waals surface area (Å²) in [6.45, 7) is 6.72. The molecule has 3 aromatic rings. The quantitative estimate of drug-likeness (QED) is 0.233. The van der Waals surface area contributed by atoms with Crippen LogP contribution in [0.2, 0.25) is 0 Å². The summed E-state index contributed by atoms with van der Waals surface area (Å²) in [5, 5.41) is 11.3. The minimum absolute atomic E-state index is 0.0506. The molecular weight excluding hydrogens is 468 g/mol. The molecule has 1 amide bonds. The molecule has 37 heavy (non-hydrogen) atoms. The molecule has 1 aliphatic rings. The number of nitrogens with zero attached hydrogens (tertiary/aromatic N) is 2. The van der Waals surface area contributed by atoms with Crippen molar-refractivity contribution in [3.63, 3.8) is 0 Å². The van der Waals surface area contributed by atoms with E-state index in [0.717, 1.165) is 13.1 Å². The van der Waals surface area contributed by atoms with Gasteiger partial charge in [0, 0.05) is 18.7 Å². The Morgan fingerprint density at radius 2 is 1.57 bits per heavy atom. The molecule has 7 heteroatoms. The van der Waals surface area contributed by atoms with Crippen molar-refractivity contribution in [2.75, 3.05) is 33.3 Å². The highest BCUT2D eigenvalue weighted by atomic mass is 16.5. The number of Topliss-reactive ketones (excluding diaryl/α,β-unsaturated/α-hetero) is 1. The van der Waals surface area contributed by atoms with E-state index < -0.39 is 17.7 Å². The molecule has 1 aliphatic heterocycles. The minimum Gasteiger partial charge on any atom is -0.507 e. The molecule has 0 spiro atoms. The number of likely N-dealkylation sites (tertiary alicyclic amines) is 1. The van der Waals surface area contributed by atoms with Crippen LogP contribution in [0.5, 0.6) is 17.2 Å². The molecule has 1 N–H and O–H groups in total. The lowest BCUT2D eigenvalue weighted by Gasteiger charge is -2.28. The lowest BCUT2D eigenvalue weighted by molar-refractivity contribution is -0.140. The van der Waals surface area contributed by atoms with Crippen LogP contribution in [0, 0.1) is 0 Å². The topological polar surface area (TPSA) is 79.3 Å². The summed E-state index contributed by atoms with van der Waals surface area (Å²) in [6.07, 6.45) is 0. The van der Waals surface area contributed by atoms with Gasteiger partial charge in [0.2, 0.25) is 0 Å². The average Bonchev–Trinajstić information content (AvgIpc) is 3.19. The number of hydrogen-bond donors (Lipinski definition) is 1. The summed E-state index contributed by atoms with van der Waals surface area (Å²) in [5.41, 5.74) is 1.13. The summed E-state index contributed by atoms with van der Waals surface area (Å²) in [5.74, 6) is 0.206. The Morgan fingerprint density at radius 1 is 0.892 bits per heavy atom. The molecule has 0 radical (unpaired) electrons. The van der Waals surface area contributed by atoms with Crippen LogP contribution < -0.4 is 9.47 Å². The van der Waals surface area contributed by atoms with Crippen molar-refractivity contribution in [1.29, 1.82) is 0 Å². The first-order valence-corrected chi connectivity index (χ1v) is 12.4. The number of benzene rings is 3. The smallest absolute Gasteiger partial charge is 0.295 e. The maximum atomic E-state index is 13.3. The Hall–Kier alpha value is -4.10. The first kappa shape index (κ1) is 26.0. The van der Waals surface area contributed by atoms with Gasteiger partial charge in [0.1, 0.15) is 23.0 Å². The van der Waals surface area contributed by atoms with E-state index in [0.29, 0.717) is 41.5 Å². The molecule has 3 aromatic carbocycles. The van der Waals surface area contributed by atoms with Crippen LogP contribution >= 0.6 is 0 Å². The molecule has 1 fully saturated rings. The average molecular weight is 501 g/mol. The van der Waals surface area contributed by atoms with Gasteiger partial charge in [-0.1, -0.05) is 56.3 Å². The van der Waals surface area contributed by atoms with Crippen molar-refractivity contribution >= 4 is 17.4 Å². The van der Waals surface area contributed by atoms with Gasteiger partial charge in [0.25, 0.3) is 11.7 Å². The van der Waals surface area contributed by atoms with E-state index in [1.807, 2.05) is 54.6 Å². The SMILES string of the molecule is CCN(CC)CCN1C(=O)C(=O)C(=C(O)c2cccc(OC)c2)C1c1cccc(Oc2ccccc2)c1. The Labute approximate surface area is 217 Å². The van der Waals surface area contributed by atoms with E-state index >= 15 is 0 Å². The third-order valence-corrected chi connectivity index (χ3v) is 6.59. The summed E-state index contributed by atoms with van der Waals surface area (Å²) in [4.78, 5) is 30.4. The fourth-order valence-electron chi connectivity index (χ4n) is 4.54. The van der Waals surface area contributed by atoms with Crippen LogP contribution in [0.1, 0.15) is 31.0 Å². The van der Waals surface area contributed by atoms with Gasteiger partial charge in [-0.3, -0.25) is 9.59 Å². The van der Waals surface area contributed by atoms with Gasteiger partial charge < -0.3 is 24.4 Å². The standard InChI is InChI=1S/C30H32N2O5/c1-4-31(5-2)17-18-32-27(21-11-9-16-25(19-21)37-23-13-7-6-8-14-23)26(29(34)30(32)35)28(33)22-12-10-15-24(20-22)36-3/h6-16,19-20,27,33H,4-5,17-18H2,1-3H3. The van der Waals surface area contributed by atoms with E-state index in [1.54, 1.807) is 29.2 Å². The number of ether oxygens (including phenoxy) is 2. The second-order valence-electron chi connectivity index (χ2n) is 8.74. The summed E-state index contributed by atoms with van der Waals surface area (Å²) in [7, 11) is 1.53. The number of aliphatic hydroxyl groups is 1. The van der Waals surface area contributed by atoms with Crippen molar-refractivity contribution in [3.05, 3.63) is 95.6 Å². The zero-order valence-electron chi connectivity index (χ0n) is 21.4. The van der Waals surface area contributed by atoms with Crippen LogP contribution in [-0.4, -0.2) is 59.9 Å². The van der Waals surface area contributed by atoms with Gasteiger partial charge in [0.15, 0.2) is 0 Å². The second kappa shape index (κ2) is 11.8. The second-order valence-corrected chi connectivity index (χ2v) is 8.74. The van der Waals surface area contributed by atoms with Crippen LogP contribution in [0.15, 0.2) is 84.4 Å². The molecule has 0 bridgehead atoms. The van der Waals surface area contributed by atoms with Crippen LogP contribution in [-0.2, 0) is 9.59 Å². The van der Waals surface area contributed by atoms with Crippen LogP contribution in [0.25, 0.3) is 5.76 Å². The summed E-state index contributed by atoms with van der Waals surface area (Å²) in [6, 6.07) is 22.7. The number of ketones is 1. The lowest BCUT2D eigenvalue weighted by Crippen LogP contribution is -2.38. The highest BCUT2D eigenvalue weighted by Crippen LogP contribution is 2.40. The van der Waals surface area contributed by atoms with Gasteiger partial charge in [-0.15, -0.1) is 0 Å². The fraction of sp³-hybridized carbons (Fsp3) is 0.267. The zero-order chi connectivity index (χ0) is 26.4. The highest BCUT2D eigenvalue weighted by Gasteiger charge is 2.46. The van der Waals surface area contributed by atoms with E-state index in [4.69, 9.17) is 9.47 Å². The predicted octanol–water partition coefficient (Wildman–Crippen LogP) is 5.25. The number of para-hydroxylation sites is 1. The van der Waals surface area contributed by atoms with Gasteiger partial charge in [-0.2, -0.15) is 0 Å². The van der Waals surface area contributed by atoms with E-state index in [1.165, 1.54) is 7.11 Å². The molecule has 1 saturated heterocycles. The molecule has 0 aromatic heterocycles. The van der Waals surface area contributed by atoms with E-state index in [2.05, 4.69) is 18.7 Å². The highest BCUT2D eigenvalue weighted by molar-refractivity contribution is 6.46. The van der Waals surface area contributed by atoms with Crippen LogP contribution in [0.4, 0.5) is 0 Å². The fourth-order valence-corrected chi connectivity index (χ4v) is 4.54. The van der Waals surface area contributed by atoms with Gasteiger partial charge in [0.05, 0.1) is 18.7 Å². The third kappa shape index (κ3) is 5.67. The van der Waals surface area contributed by atoms with Crippen molar-refractivity contribution in [3.8, 4) is 17.2 Å². The molecule has 0 saturated carbocycles. The molecule has 4 rings (SSSR count). The number of methoxy groups -OCH3 is 1. The molecule has 7 nitrogen and oxygen atoms in total. The number of hydrogen-bond acceptors (Lipinski definition) is 6.